The standard InChI is InChI=1S/C24H25FN2O4/c1-29-21-9-2-3-10-22(21)30-16-23(28)27-11-5-7-18(15-27)24-26-14-20(31-24)13-17-6-4-8-19(25)12-17/h2-4,6,8-10,12,14,18H,5,7,11,13,15-16H2,1H3. The van der Waals surface area contributed by atoms with E-state index < -0.39 is 0 Å². The number of para-hydroxylation sites is 2. The first-order valence-electron chi connectivity index (χ1n) is 10.3. The van der Waals surface area contributed by atoms with Crippen LogP contribution in [0, 0.1) is 5.82 Å². The molecule has 0 spiro atoms. The third-order valence-electron chi connectivity index (χ3n) is 5.38. The average Bonchev–Trinajstić information content (AvgIpc) is 3.26. The summed E-state index contributed by atoms with van der Waals surface area (Å²) in [6.45, 7) is 1.17. The van der Waals surface area contributed by atoms with Crippen molar-refractivity contribution in [2.75, 3.05) is 26.8 Å². The fourth-order valence-corrected chi connectivity index (χ4v) is 3.82. The van der Waals surface area contributed by atoms with Gasteiger partial charge in [-0.3, -0.25) is 4.79 Å². The van der Waals surface area contributed by atoms with Crippen molar-refractivity contribution in [3.8, 4) is 11.5 Å². The molecule has 0 N–H and O–H groups in total. The second kappa shape index (κ2) is 9.64. The molecule has 31 heavy (non-hydrogen) atoms. The van der Waals surface area contributed by atoms with Crippen LogP contribution in [0.15, 0.2) is 59.1 Å². The normalized spacial score (nSPS) is 16.2. The summed E-state index contributed by atoms with van der Waals surface area (Å²) in [5, 5.41) is 0. The second-order valence-corrected chi connectivity index (χ2v) is 7.59. The summed E-state index contributed by atoms with van der Waals surface area (Å²) in [6.07, 6.45) is 3.93. The van der Waals surface area contributed by atoms with E-state index >= 15 is 0 Å². The van der Waals surface area contributed by atoms with E-state index in [1.807, 2.05) is 18.2 Å². The quantitative estimate of drug-likeness (QED) is 0.569. The molecule has 1 unspecified atom stereocenters. The van der Waals surface area contributed by atoms with Crippen LogP contribution >= 0.6 is 0 Å². The molecule has 1 amide bonds. The van der Waals surface area contributed by atoms with Crippen molar-refractivity contribution in [2.45, 2.75) is 25.2 Å². The van der Waals surface area contributed by atoms with E-state index in [2.05, 4.69) is 4.98 Å². The van der Waals surface area contributed by atoms with Gasteiger partial charge in [-0.25, -0.2) is 9.37 Å². The lowest BCUT2D eigenvalue weighted by atomic mass is 9.98. The molecular formula is C24H25FN2O4. The summed E-state index contributed by atoms with van der Waals surface area (Å²) in [4.78, 5) is 18.9. The third-order valence-corrected chi connectivity index (χ3v) is 5.38. The Hall–Kier alpha value is -3.35. The Labute approximate surface area is 180 Å². The molecule has 0 saturated carbocycles. The lowest BCUT2D eigenvalue weighted by molar-refractivity contribution is -0.134. The van der Waals surface area contributed by atoms with Gasteiger partial charge in [-0.2, -0.15) is 0 Å². The van der Waals surface area contributed by atoms with Crippen molar-refractivity contribution in [3.63, 3.8) is 0 Å². The van der Waals surface area contributed by atoms with Crippen LogP contribution in [0.2, 0.25) is 0 Å². The van der Waals surface area contributed by atoms with Gasteiger partial charge >= 0.3 is 0 Å². The first-order valence-corrected chi connectivity index (χ1v) is 10.3. The number of aromatic nitrogens is 1. The lowest BCUT2D eigenvalue weighted by Gasteiger charge is -2.31. The predicted octanol–water partition coefficient (Wildman–Crippen LogP) is 4.20. The summed E-state index contributed by atoms with van der Waals surface area (Å²) in [5.41, 5.74) is 0.830. The number of carbonyl (C=O) groups excluding carboxylic acids is 1. The van der Waals surface area contributed by atoms with Gasteiger partial charge in [0.25, 0.3) is 5.91 Å². The van der Waals surface area contributed by atoms with E-state index in [-0.39, 0.29) is 24.2 Å². The van der Waals surface area contributed by atoms with Gasteiger partial charge in [0.15, 0.2) is 24.0 Å². The van der Waals surface area contributed by atoms with Crippen LogP contribution in [0.1, 0.15) is 36.0 Å². The number of hydrogen-bond donors (Lipinski definition) is 0. The first-order chi connectivity index (χ1) is 15.1. The summed E-state index contributed by atoms with van der Waals surface area (Å²) in [6, 6.07) is 13.7. The number of amides is 1. The van der Waals surface area contributed by atoms with Gasteiger partial charge in [0.05, 0.1) is 19.2 Å². The van der Waals surface area contributed by atoms with Gasteiger partial charge < -0.3 is 18.8 Å². The number of methoxy groups -OCH3 is 1. The predicted molar refractivity (Wildman–Crippen MR) is 113 cm³/mol. The van der Waals surface area contributed by atoms with E-state index in [9.17, 15) is 9.18 Å². The monoisotopic (exact) mass is 424 g/mol. The second-order valence-electron chi connectivity index (χ2n) is 7.59. The number of likely N-dealkylation sites (tertiary alicyclic amines) is 1. The Morgan fingerprint density at radius 1 is 1.23 bits per heavy atom. The molecule has 2 aromatic carbocycles. The Bertz CT molecular complexity index is 1040. The van der Waals surface area contributed by atoms with Crippen LogP contribution in [0.4, 0.5) is 4.39 Å². The first kappa shape index (κ1) is 20.9. The lowest BCUT2D eigenvalue weighted by Crippen LogP contribution is -2.41. The molecule has 1 fully saturated rings. The van der Waals surface area contributed by atoms with Gasteiger partial charge in [-0.05, 0) is 42.7 Å². The number of rotatable bonds is 7. The molecule has 2 heterocycles. The van der Waals surface area contributed by atoms with Crippen LogP contribution in [-0.2, 0) is 11.2 Å². The van der Waals surface area contributed by atoms with Crippen molar-refractivity contribution >= 4 is 5.91 Å². The topological polar surface area (TPSA) is 64.8 Å². The highest BCUT2D eigenvalue weighted by molar-refractivity contribution is 5.78. The Kier molecular flexibility index (Phi) is 6.50. The average molecular weight is 424 g/mol. The highest BCUT2D eigenvalue weighted by atomic mass is 19.1. The molecule has 0 radical (unpaired) electrons. The number of nitrogens with zero attached hydrogens (tertiary/aromatic N) is 2. The third kappa shape index (κ3) is 5.23. The molecule has 3 aromatic rings. The van der Waals surface area contributed by atoms with Crippen molar-refractivity contribution in [3.05, 3.63) is 77.8 Å². The van der Waals surface area contributed by atoms with Crippen molar-refractivity contribution in [2.24, 2.45) is 0 Å². The number of hydrogen-bond acceptors (Lipinski definition) is 5. The molecule has 1 saturated heterocycles. The van der Waals surface area contributed by atoms with Gasteiger partial charge in [0.2, 0.25) is 0 Å². The van der Waals surface area contributed by atoms with Crippen LogP contribution < -0.4 is 9.47 Å². The Morgan fingerprint density at radius 3 is 2.87 bits per heavy atom. The fraction of sp³-hybridized carbons (Fsp3) is 0.333. The van der Waals surface area contributed by atoms with Gasteiger partial charge in [0.1, 0.15) is 11.6 Å². The molecule has 0 aliphatic carbocycles. The molecule has 1 aromatic heterocycles. The molecule has 1 atom stereocenters. The minimum atomic E-state index is -0.269. The molecule has 1 aliphatic rings. The van der Waals surface area contributed by atoms with E-state index in [1.165, 1.54) is 12.1 Å². The number of carbonyl (C=O) groups is 1. The zero-order chi connectivity index (χ0) is 21.6. The SMILES string of the molecule is COc1ccccc1OCC(=O)N1CCCC(c2ncc(Cc3cccc(F)c3)o2)C1. The summed E-state index contributed by atoms with van der Waals surface area (Å²) >= 11 is 0. The number of halogens is 1. The zero-order valence-corrected chi connectivity index (χ0v) is 17.4. The molecular weight excluding hydrogens is 399 g/mol. The number of oxazole rings is 1. The summed E-state index contributed by atoms with van der Waals surface area (Å²) in [5.74, 6) is 2.12. The minimum Gasteiger partial charge on any atom is -0.493 e. The fourth-order valence-electron chi connectivity index (χ4n) is 3.82. The maximum atomic E-state index is 13.4. The van der Waals surface area contributed by atoms with Crippen molar-refractivity contribution in [1.82, 2.24) is 9.88 Å². The smallest absolute Gasteiger partial charge is 0.260 e. The van der Waals surface area contributed by atoms with Crippen LogP contribution in [0.3, 0.4) is 0 Å². The highest BCUT2D eigenvalue weighted by Gasteiger charge is 2.28. The Balaban J connectivity index is 1.35. The van der Waals surface area contributed by atoms with Crippen LogP contribution in [-0.4, -0.2) is 42.6 Å². The van der Waals surface area contributed by atoms with E-state index in [4.69, 9.17) is 13.9 Å². The maximum absolute atomic E-state index is 13.4. The van der Waals surface area contributed by atoms with E-state index in [0.717, 1.165) is 18.4 Å². The number of piperidine rings is 1. The number of ether oxygens (including phenoxy) is 2. The largest absolute Gasteiger partial charge is 0.493 e. The van der Waals surface area contributed by atoms with Gasteiger partial charge in [-0.15, -0.1) is 0 Å². The van der Waals surface area contributed by atoms with E-state index in [1.54, 1.807) is 36.4 Å². The van der Waals surface area contributed by atoms with Gasteiger partial charge in [0, 0.05) is 19.5 Å². The zero-order valence-electron chi connectivity index (χ0n) is 17.4. The van der Waals surface area contributed by atoms with Gasteiger partial charge in [-0.1, -0.05) is 24.3 Å². The molecule has 1 aliphatic heterocycles. The molecule has 162 valence electrons. The minimum absolute atomic E-state index is 0.0326. The van der Waals surface area contributed by atoms with Crippen LogP contribution in [0.5, 0.6) is 11.5 Å². The Morgan fingerprint density at radius 2 is 2.06 bits per heavy atom. The van der Waals surface area contributed by atoms with Crippen molar-refractivity contribution < 1.29 is 23.1 Å². The number of benzene rings is 2. The summed E-state index contributed by atoms with van der Waals surface area (Å²) in [7, 11) is 1.57. The van der Waals surface area contributed by atoms with Crippen LogP contribution in [0.25, 0.3) is 0 Å². The maximum Gasteiger partial charge on any atom is 0.260 e. The van der Waals surface area contributed by atoms with E-state index in [0.29, 0.717) is 42.7 Å². The summed E-state index contributed by atoms with van der Waals surface area (Å²) < 4.78 is 30.3. The van der Waals surface area contributed by atoms with Crippen molar-refractivity contribution in [1.29, 1.82) is 0 Å². The molecule has 6 nitrogen and oxygen atoms in total. The molecule has 4 rings (SSSR count). The molecule has 0 bridgehead atoms. The molecule has 7 heteroatoms. The highest BCUT2D eigenvalue weighted by Crippen LogP contribution is 2.28.